The van der Waals surface area contributed by atoms with Crippen LogP contribution < -0.4 is 10.7 Å². The monoisotopic (exact) mass is 367 g/mol. The molecule has 0 atom stereocenters. The summed E-state index contributed by atoms with van der Waals surface area (Å²) in [5.41, 5.74) is 3.68. The number of carbonyl (C=O) groups excluding carboxylic acids is 1. The topological polar surface area (TPSA) is 73.7 Å². The molecule has 21 heavy (non-hydrogen) atoms. The Morgan fingerprint density at radius 1 is 1.24 bits per heavy atom. The lowest BCUT2D eigenvalue weighted by Gasteiger charge is -2.04. The van der Waals surface area contributed by atoms with E-state index in [1.54, 1.807) is 36.4 Å². The highest BCUT2D eigenvalue weighted by Crippen LogP contribution is 2.23. The van der Waals surface area contributed by atoms with Crippen molar-refractivity contribution in [1.29, 1.82) is 0 Å². The molecule has 2 rings (SSSR count). The average Bonchev–Trinajstić information content (AvgIpc) is 2.45. The van der Waals surface area contributed by atoms with Gasteiger partial charge in [0, 0.05) is 10.7 Å². The normalized spacial score (nSPS) is 10.6. The summed E-state index contributed by atoms with van der Waals surface area (Å²) in [4.78, 5) is 11.6. The third kappa shape index (κ3) is 4.77. The van der Waals surface area contributed by atoms with Crippen LogP contribution in [-0.2, 0) is 0 Å². The Morgan fingerprint density at radius 3 is 2.62 bits per heavy atom. The standard InChI is InChI=1S/C14H11BrClN3O2/c15-12-7-9(1-6-13(12)20)8-17-19-14(21)18-11-4-2-10(16)3-5-11/h1-8,20H,(H2,18,19,21)/b17-8-. The van der Waals surface area contributed by atoms with E-state index in [1.165, 1.54) is 12.3 Å². The Balaban J connectivity index is 1.89. The Morgan fingerprint density at radius 2 is 1.95 bits per heavy atom. The molecule has 108 valence electrons. The van der Waals surface area contributed by atoms with Gasteiger partial charge >= 0.3 is 6.03 Å². The van der Waals surface area contributed by atoms with Gasteiger partial charge in [-0.25, -0.2) is 10.2 Å². The molecule has 2 aromatic carbocycles. The SMILES string of the molecule is O=C(N/N=C\c1ccc(O)c(Br)c1)Nc1ccc(Cl)cc1. The molecule has 2 amide bonds. The van der Waals surface area contributed by atoms with Crippen molar-refractivity contribution in [3.05, 3.63) is 57.5 Å². The quantitative estimate of drug-likeness (QED) is 0.566. The van der Waals surface area contributed by atoms with Crippen LogP contribution in [0.5, 0.6) is 5.75 Å². The highest BCUT2D eigenvalue weighted by Gasteiger charge is 2.00. The predicted molar refractivity (Wildman–Crippen MR) is 87.0 cm³/mol. The number of carbonyl (C=O) groups is 1. The molecule has 5 nitrogen and oxygen atoms in total. The second kappa shape index (κ2) is 7.10. The van der Waals surface area contributed by atoms with Crippen LogP contribution >= 0.6 is 27.5 Å². The number of hydrazone groups is 1. The fourth-order valence-electron chi connectivity index (χ4n) is 1.46. The van der Waals surface area contributed by atoms with E-state index in [4.69, 9.17) is 11.6 Å². The molecule has 0 bridgehead atoms. The number of anilines is 1. The second-order valence-corrected chi connectivity index (χ2v) is 5.33. The minimum atomic E-state index is -0.466. The van der Waals surface area contributed by atoms with Gasteiger partial charge in [-0.2, -0.15) is 5.10 Å². The van der Waals surface area contributed by atoms with Crippen LogP contribution in [0.4, 0.5) is 10.5 Å². The number of phenolic OH excluding ortho intramolecular Hbond substituents is 1. The smallest absolute Gasteiger partial charge is 0.339 e. The molecule has 0 saturated heterocycles. The number of rotatable bonds is 3. The molecule has 0 unspecified atom stereocenters. The van der Waals surface area contributed by atoms with Crippen molar-refractivity contribution < 1.29 is 9.90 Å². The predicted octanol–water partition coefficient (Wildman–Crippen LogP) is 3.96. The third-order valence-corrected chi connectivity index (χ3v) is 3.34. The number of halogens is 2. The summed E-state index contributed by atoms with van der Waals surface area (Å²) >= 11 is 8.94. The minimum absolute atomic E-state index is 0.139. The van der Waals surface area contributed by atoms with Gasteiger partial charge < -0.3 is 10.4 Å². The number of hydrogen-bond acceptors (Lipinski definition) is 3. The van der Waals surface area contributed by atoms with Crippen molar-refractivity contribution in [3.8, 4) is 5.75 Å². The molecular formula is C14H11BrClN3O2. The van der Waals surface area contributed by atoms with Crippen LogP contribution in [0.1, 0.15) is 5.56 Å². The molecule has 7 heteroatoms. The van der Waals surface area contributed by atoms with Gasteiger partial charge in [0.05, 0.1) is 10.7 Å². The van der Waals surface area contributed by atoms with Gasteiger partial charge in [0.25, 0.3) is 0 Å². The van der Waals surface area contributed by atoms with Crippen LogP contribution in [0, 0.1) is 0 Å². The Kier molecular flexibility index (Phi) is 5.19. The van der Waals surface area contributed by atoms with Crippen LogP contribution in [0.15, 0.2) is 52.0 Å². The van der Waals surface area contributed by atoms with Crippen LogP contribution in [-0.4, -0.2) is 17.4 Å². The van der Waals surface area contributed by atoms with E-state index in [-0.39, 0.29) is 5.75 Å². The number of hydrogen-bond donors (Lipinski definition) is 3. The Labute approximate surface area is 134 Å². The number of nitrogens with one attached hydrogen (secondary N) is 2. The lowest BCUT2D eigenvalue weighted by Crippen LogP contribution is -2.24. The van der Waals surface area contributed by atoms with Gasteiger partial charge in [-0.15, -0.1) is 0 Å². The first-order valence-corrected chi connectivity index (χ1v) is 7.06. The largest absolute Gasteiger partial charge is 0.507 e. The first-order valence-electron chi connectivity index (χ1n) is 5.89. The second-order valence-electron chi connectivity index (χ2n) is 4.04. The summed E-state index contributed by atoms with van der Waals surface area (Å²) in [6.45, 7) is 0. The summed E-state index contributed by atoms with van der Waals surface area (Å²) in [5.74, 6) is 0.139. The molecule has 0 aliphatic heterocycles. The molecule has 0 heterocycles. The first-order chi connectivity index (χ1) is 10.0. The molecule has 2 aromatic rings. The molecule has 0 aliphatic carbocycles. The van der Waals surface area contributed by atoms with E-state index < -0.39 is 6.03 Å². The number of aromatic hydroxyl groups is 1. The lowest BCUT2D eigenvalue weighted by atomic mass is 10.2. The van der Waals surface area contributed by atoms with E-state index in [0.29, 0.717) is 15.2 Å². The number of nitrogens with zero attached hydrogens (tertiary/aromatic N) is 1. The zero-order chi connectivity index (χ0) is 15.2. The third-order valence-electron chi connectivity index (χ3n) is 2.45. The van der Waals surface area contributed by atoms with Crippen LogP contribution in [0.3, 0.4) is 0 Å². The molecule has 0 saturated carbocycles. The molecule has 3 N–H and O–H groups in total. The van der Waals surface area contributed by atoms with Crippen molar-refractivity contribution in [2.45, 2.75) is 0 Å². The maximum Gasteiger partial charge on any atom is 0.339 e. The van der Waals surface area contributed by atoms with Crippen molar-refractivity contribution in [3.63, 3.8) is 0 Å². The fraction of sp³-hybridized carbons (Fsp3) is 0. The number of urea groups is 1. The highest BCUT2D eigenvalue weighted by molar-refractivity contribution is 9.10. The zero-order valence-corrected chi connectivity index (χ0v) is 13.0. The summed E-state index contributed by atoms with van der Waals surface area (Å²) < 4.78 is 0.553. The molecular weight excluding hydrogens is 358 g/mol. The van der Waals surface area contributed by atoms with Gasteiger partial charge in [-0.1, -0.05) is 11.6 Å². The van der Waals surface area contributed by atoms with Gasteiger partial charge in [-0.05, 0) is 64.0 Å². The lowest BCUT2D eigenvalue weighted by molar-refractivity contribution is 0.252. The summed E-state index contributed by atoms with van der Waals surface area (Å²) in [7, 11) is 0. The van der Waals surface area contributed by atoms with Gasteiger partial charge in [0.1, 0.15) is 5.75 Å². The number of phenols is 1. The number of benzene rings is 2. The number of amides is 2. The van der Waals surface area contributed by atoms with Crippen LogP contribution in [0.25, 0.3) is 0 Å². The van der Waals surface area contributed by atoms with Crippen molar-refractivity contribution in [2.75, 3.05) is 5.32 Å². The average molecular weight is 369 g/mol. The summed E-state index contributed by atoms with van der Waals surface area (Å²) in [5, 5.41) is 16.4. The first kappa shape index (κ1) is 15.3. The fourth-order valence-corrected chi connectivity index (χ4v) is 1.98. The van der Waals surface area contributed by atoms with Crippen LogP contribution in [0.2, 0.25) is 5.02 Å². The molecule has 0 fully saturated rings. The van der Waals surface area contributed by atoms with Crippen molar-refractivity contribution in [2.24, 2.45) is 5.10 Å². The molecule has 0 aromatic heterocycles. The van der Waals surface area contributed by atoms with Gasteiger partial charge in [-0.3, -0.25) is 0 Å². The van der Waals surface area contributed by atoms with E-state index in [1.807, 2.05) is 0 Å². The maximum absolute atomic E-state index is 11.6. The van der Waals surface area contributed by atoms with Crippen molar-refractivity contribution in [1.82, 2.24) is 5.43 Å². The summed E-state index contributed by atoms with van der Waals surface area (Å²) in [6.07, 6.45) is 1.46. The van der Waals surface area contributed by atoms with E-state index in [0.717, 1.165) is 5.56 Å². The van der Waals surface area contributed by atoms with Crippen molar-refractivity contribution >= 4 is 45.5 Å². The van der Waals surface area contributed by atoms with Gasteiger partial charge in [0.2, 0.25) is 0 Å². The molecule has 0 aliphatic rings. The minimum Gasteiger partial charge on any atom is -0.507 e. The Hall–Kier alpha value is -2.05. The van der Waals surface area contributed by atoms with E-state index in [2.05, 4.69) is 31.8 Å². The molecule has 0 spiro atoms. The van der Waals surface area contributed by atoms with E-state index >= 15 is 0 Å². The van der Waals surface area contributed by atoms with Gasteiger partial charge in [0.15, 0.2) is 0 Å². The highest BCUT2D eigenvalue weighted by atomic mass is 79.9. The Bertz CT molecular complexity index is 674. The molecule has 0 radical (unpaired) electrons. The maximum atomic E-state index is 11.6. The van der Waals surface area contributed by atoms with E-state index in [9.17, 15) is 9.90 Å². The zero-order valence-electron chi connectivity index (χ0n) is 10.7. The summed E-state index contributed by atoms with van der Waals surface area (Å²) in [6, 6.07) is 11.1.